The molecule has 0 bridgehead atoms. The van der Waals surface area contributed by atoms with Crippen LogP contribution in [0.3, 0.4) is 0 Å². The lowest BCUT2D eigenvalue weighted by Gasteiger charge is -2.36. The SMILES string of the molecule is Cc1cc(C)cc(C(=O)N(NC(=O)c2cccc(C(C)C)c2C)C(C)(C)C)c1. The predicted octanol–water partition coefficient (Wildman–Crippen LogP) is 5.32. The second-order valence-electron chi connectivity index (χ2n) is 8.80. The highest BCUT2D eigenvalue weighted by atomic mass is 16.2. The van der Waals surface area contributed by atoms with E-state index in [4.69, 9.17) is 0 Å². The van der Waals surface area contributed by atoms with Crippen LogP contribution in [0, 0.1) is 20.8 Å². The van der Waals surface area contributed by atoms with E-state index in [1.54, 1.807) is 6.07 Å². The fourth-order valence-corrected chi connectivity index (χ4v) is 3.44. The topological polar surface area (TPSA) is 49.4 Å². The van der Waals surface area contributed by atoms with Crippen molar-refractivity contribution in [3.63, 3.8) is 0 Å². The van der Waals surface area contributed by atoms with E-state index >= 15 is 0 Å². The molecule has 150 valence electrons. The summed E-state index contributed by atoms with van der Waals surface area (Å²) in [6.07, 6.45) is 0. The number of carbonyl (C=O) groups excluding carboxylic acids is 2. The first-order chi connectivity index (χ1) is 12.9. The third-order valence-corrected chi connectivity index (χ3v) is 4.80. The number of amides is 2. The van der Waals surface area contributed by atoms with Gasteiger partial charge in [-0.2, -0.15) is 0 Å². The molecule has 2 rings (SSSR count). The van der Waals surface area contributed by atoms with Crippen molar-refractivity contribution >= 4 is 11.8 Å². The largest absolute Gasteiger partial charge is 0.272 e. The molecule has 0 aliphatic heterocycles. The van der Waals surface area contributed by atoms with Crippen LogP contribution >= 0.6 is 0 Å². The van der Waals surface area contributed by atoms with Gasteiger partial charge in [0.2, 0.25) is 0 Å². The van der Waals surface area contributed by atoms with Gasteiger partial charge in [-0.05, 0) is 76.8 Å². The first-order valence-corrected chi connectivity index (χ1v) is 9.75. The number of rotatable bonds is 3. The molecule has 2 amide bonds. The maximum absolute atomic E-state index is 13.2. The lowest BCUT2D eigenvalue weighted by Crippen LogP contribution is -2.56. The van der Waals surface area contributed by atoms with E-state index in [1.807, 2.05) is 71.9 Å². The summed E-state index contributed by atoms with van der Waals surface area (Å²) in [4.78, 5) is 26.3. The minimum atomic E-state index is -0.575. The van der Waals surface area contributed by atoms with E-state index in [9.17, 15) is 9.59 Å². The van der Waals surface area contributed by atoms with Gasteiger partial charge in [-0.3, -0.25) is 15.0 Å². The van der Waals surface area contributed by atoms with Crippen molar-refractivity contribution in [2.75, 3.05) is 0 Å². The molecule has 4 nitrogen and oxygen atoms in total. The summed E-state index contributed by atoms with van der Waals surface area (Å²) in [6.45, 7) is 15.8. The molecule has 28 heavy (non-hydrogen) atoms. The molecule has 0 atom stereocenters. The van der Waals surface area contributed by atoms with Crippen molar-refractivity contribution in [2.24, 2.45) is 0 Å². The molecule has 0 radical (unpaired) electrons. The van der Waals surface area contributed by atoms with Gasteiger partial charge >= 0.3 is 0 Å². The number of nitrogens with zero attached hydrogens (tertiary/aromatic N) is 1. The average molecular weight is 381 g/mol. The van der Waals surface area contributed by atoms with Gasteiger partial charge in [-0.15, -0.1) is 0 Å². The van der Waals surface area contributed by atoms with Crippen molar-refractivity contribution in [1.82, 2.24) is 10.4 Å². The second kappa shape index (κ2) is 8.17. The van der Waals surface area contributed by atoms with Gasteiger partial charge in [-0.1, -0.05) is 43.2 Å². The number of nitrogens with one attached hydrogen (secondary N) is 1. The van der Waals surface area contributed by atoms with Gasteiger partial charge in [0.1, 0.15) is 0 Å². The zero-order chi connectivity index (χ0) is 21.2. The maximum Gasteiger partial charge on any atom is 0.272 e. The summed E-state index contributed by atoms with van der Waals surface area (Å²) in [5.74, 6) is -0.165. The maximum atomic E-state index is 13.2. The zero-order valence-electron chi connectivity index (χ0n) is 18.3. The standard InChI is InChI=1S/C24H32N2O2/c1-15(2)20-10-9-11-21(18(20)5)22(27)25-26(24(6,7)8)23(28)19-13-16(3)12-17(4)14-19/h9-15H,1-8H3,(H,25,27). The highest BCUT2D eigenvalue weighted by Crippen LogP contribution is 2.23. The molecule has 0 heterocycles. The smallest absolute Gasteiger partial charge is 0.267 e. The molecule has 0 aliphatic rings. The van der Waals surface area contributed by atoms with Crippen LogP contribution in [-0.4, -0.2) is 22.4 Å². The van der Waals surface area contributed by atoms with Crippen LogP contribution in [0.5, 0.6) is 0 Å². The summed E-state index contributed by atoms with van der Waals surface area (Å²) in [6, 6.07) is 11.5. The molecule has 1 N–H and O–H groups in total. The minimum Gasteiger partial charge on any atom is -0.267 e. The first-order valence-electron chi connectivity index (χ1n) is 9.75. The van der Waals surface area contributed by atoms with E-state index in [0.29, 0.717) is 17.0 Å². The van der Waals surface area contributed by atoms with E-state index in [2.05, 4.69) is 19.3 Å². The second-order valence-corrected chi connectivity index (χ2v) is 8.80. The van der Waals surface area contributed by atoms with Gasteiger partial charge in [0.05, 0.1) is 5.54 Å². The average Bonchev–Trinajstić information content (AvgIpc) is 2.56. The van der Waals surface area contributed by atoms with Crippen molar-refractivity contribution in [1.29, 1.82) is 0 Å². The Morgan fingerprint density at radius 1 is 0.964 bits per heavy atom. The Hall–Kier alpha value is -2.62. The predicted molar refractivity (Wildman–Crippen MR) is 115 cm³/mol. The van der Waals surface area contributed by atoms with Gasteiger partial charge < -0.3 is 0 Å². The van der Waals surface area contributed by atoms with Crippen molar-refractivity contribution in [3.8, 4) is 0 Å². The third-order valence-electron chi connectivity index (χ3n) is 4.80. The van der Waals surface area contributed by atoms with E-state index in [1.165, 1.54) is 5.01 Å². The van der Waals surface area contributed by atoms with Crippen LogP contribution in [-0.2, 0) is 0 Å². The molecule has 2 aromatic rings. The Morgan fingerprint density at radius 2 is 1.54 bits per heavy atom. The highest BCUT2D eigenvalue weighted by Gasteiger charge is 2.30. The monoisotopic (exact) mass is 380 g/mol. The minimum absolute atomic E-state index is 0.217. The molecule has 0 fully saturated rings. The first kappa shape index (κ1) is 21.7. The van der Waals surface area contributed by atoms with Gasteiger partial charge in [0.15, 0.2) is 0 Å². The molecule has 0 spiro atoms. The zero-order valence-corrected chi connectivity index (χ0v) is 18.3. The molecule has 0 aromatic heterocycles. The number of benzene rings is 2. The lowest BCUT2D eigenvalue weighted by atomic mass is 9.94. The Morgan fingerprint density at radius 3 is 2.04 bits per heavy atom. The summed E-state index contributed by atoms with van der Waals surface area (Å²) >= 11 is 0. The number of carbonyl (C=O) groups is 2. The third kappa shape index (κ3) is 4.80. The molecule has 0 saturated heterocycles. The van der Waals surface area contributed by atoms with Crippen LogP contribution in [0.15, 0.2) is 36.4 Å². The normalized spacial score (nSPS) is 11.5. The van der Waals surface area contributed by atoms with Gasteiger partial charge in [0, 0.05) is 11.1 Å². The van der Waals surface area contributed by atoms with Crippen molar-refractivity contribution in [2.45, 2.75) is 66.8 Å². The summed E-state index contributed by atoms with van der Waals surface area (Å²) < 4.78 is 0. The van der Waals surface area contributed by atoms with E-state index < -0.39 is 5.54 Å². The number of hydrogen-bond donors (Lipinski definition) is 1. The quantitative estimate of drug-likeness (QED) is 0.733. The van der Waals surface area contributed by atoms with Crippen LogP contribution in [0.2, 0.25) is 0 Å². The summed E-state index contributed by atoms with van der Waals surface area (Å²) in [7, 11) is 0. The Balaban J connectivity index is 2.39. The molecular formula is C24H32N2O2. The molecule has 4 heteroatoms. The molecule has 2 aromatic carbocycles. The van der Waals surface area contributed by atoms with E-state index in [0.717, 1.165) is 22.3 Å². The fraction of sp³-hybridized carbons (Fsp3) is 0.417. The Bertz CT molecular complexity index is 872. The van der Waals surface area contributed by atoms with Gasteiger partial charge in [-0.25, -0.2) is 5.01 Å². The van der Waals surface area contributed by atoms with Crippen molar-refractivity contribution < 1.29 is 9.59 Å². The molecule has 0 aliphatic carbocycles. The van der Waals surface area contributed by atoms with E-state index in [-0.39, 0.29) is 11.8 Å². The fourth-order valence-electron chi connectivity index (χ4n) is 3.44. The Labute approximate surface area is 168 Å². The number of aryl methyl sites for hydroxylation is 2. The number of hydrazine groups is 1. The lowest BCUT2D eigenvalue weighted by molar-refractivity contribution is 0.0358. The molecular weight excluding hydrogens is 348 g/mol. The van der Waals surface area contributed by atoms with Crippen LogP contribution in [0.1, 0.15) is 83.5 Å². The van der Waals surface area contributed by atoms with Crippen molar-refractivity contribution in [3.05, 3.63) is 69.8 Å². The van der Waals surface area contributed by atoms with Crippen LogP contribution in [0.4, 0.5) is 0 Å². The summed E-state index contributed by atoms with van der Waals surface area (Å²) in [5.41, 5.74) is 7.56. The highest BCUT2D eigenvalue weighted by molar-refractivity contribution is 6.00. The molecule has 0 unspecified atom stereocenters. The van der Waals surface area contributed by atoms with Crippen LogP contribution in [0.25, 0.3) is 0 Å². The summed E-state index contributed by atoms with van der Waals surface area (Å²) in [5, 5.41) is 1.44. The molecule has 0 saturated carbocycles. The number of hydrogen-bond acceptors (Lipinski definition) is 2. The van der Waals surface area contributed by atoms with Crippen LogP contribution < -0.4 is 5.43 Å². The Kier molecular flexibility index (Phi) is 6.33. The van der Waals surface area contributed by atoms with Gasteiger partial charge in [0.25, 0.3) is 11.8 Å².